The lowest BCUT2D eigenvalue weighted by Gasteiger charge is -2.22. The van der Waals surface area contributed by atoms with E-state index in [1.54, 1.807) is 29.2 Å². The quantitative estimate of drug-likeness (QED) is 0.243. The van der Waals surface area contributed by atoms with Gasteiger partial charge in [0, 0.05) is 13.1 Å². The van der Waals surface area contributed by atoms with Gasteiger partial charge in [-0.3, -0.25) is 19.3 Å². The standard InChI is InChI=1S/C26H25Cl2IN2O5S/c1-35-21-12-17(11-20(29)24(21)36-15-16-6-7-18(27)19(28)10-16)13-22-25(33)31(26(34)37-22)14-23(32)30-8-4-2-3-5-9-30/h6-7,10-13H,2-5,8-9,14-15H2,1H3. The third-order valence-electron chi connectivity index (χ3n) is 6.04. The molecule has 2 aliphatic heterocycles. The van der Waals surface area contributed by atoms with Crippen molar-refractivity contribution in [3.63, 3.8) is 0 Å². The molecular weight excluding hydrogens is 650 g/mol. The molecule has 11 heteroatoms. The van der Waals surface area contributed by atoms with Crippen LogP contribution in [0.5, 0.6) is 11.5 Å². The molecule has 0 aromatic heterocycles. The van der Waals surface area contributed by atoms with Crippen molar-refractivity contribution >= 4 is 80.7 Å². The van der Waals surface area contributed by atoms with Crippen LogP contribution in [0.2, 0.25) is 10.0 Å². The van der Waals surface area contributed by atoms with Crippen LogP contribution in [0.15, 0.2) is 35.2 Å². The van der Waals surface area contributed by atoms with Crippen LogP contribution in [0.3, 0.4) is 0 Å². The van der Waals surface area contributed by atoms with Gasteiger partial charge in [0.05, 0.1) is 25.6 Å². The van der Waals surface area contributed by atoms with Crippen molar-refractivity contribution in [3.05, 3.63) is 60.0 Å². The summed E-state index contributed by atoms with van der Waals surface area (Å²) in [7, 11) is 1.53. The number of hydrogen-bond acceptors (Lipinski definition) is 6. The van der Waals surface area contributed by atoms with E-state index in [4.69, 9.17) is 32.7 Å². The molecule has 0 atom stereocenters. The lowest BCUT2D eigenvalue weighted by molar-refractivity contribution is -0.135. The van der Waals surface area contributed by atoms with Gasteiger partial charge < -0.3 is 14.4 Å². The number of likely N-dealkylation sites (tertiary alicyclic amines) is 1. The van der Waals surface area contributed by atoms with E-state index in [0.717, 1.165) is 51.5 Å². The lowest BCUT2D eigenvalue weighted by Crippen LogP contribution is -2.42. The first-order valence-corrected chi connectivity index (χ1v) is 14.4. The molecule has 7 nitrogen and oxygen atoms in total. The minimum Gasteiger partial charge on any atom is -0.493 e. The van der Waals surface area contributed by atoms with Gasteiger partial charge in [-0.2, -0.15) is 0 Å². The fraction of sp³-hybridized carbons (Fsp3) is 0.346. The maximum atomic E-state index is 13.0. The van der Waals surface area contributed by atoms with Gasteiger partial charge >= 0.3 is 0 Å². The summed E-state index contributed by atoms with van der Waals surface area (Å²) in [6.07, 6.45) is 5.71. The number of carbonyl (C=O) groups is 3. The zero-order chi connectivity index (χ0) is 26.5. The first-order valence-electron chi connectivity index (χ1n) is 11.7. The number of halogens is 3. The van der Waals surface area contributed by atoms with Gasteiger partial charge in [0.2, 0.25) is 5.91 Å². The Balaban J connectivity index is 1.47. The van der Waals surface area contributed by atoms with E-state index < -0.39 is 11.1 Å². The second kappa shape index (κ2) is 12.7. The normalized spacial score (nSPS) is 17.4. The minimum absolute atomic E-state index is 0.190. The molecule has 2 aromatic rings. The van der Waals surface area contributed by atoms with Crippen molar-refractivity contribution in [1.82, 2.24) is 9.80 Å². The van der Waals surface area contributed by atoms with Gasteiger partial charge in [0.25, 0.3) is 11.1 Å². The maximum Gasteiger partial charge on any atom is 0.294 e. The Bertz CT molecular complexity index is 1250. The highest BCUT2D eigenvalue weighted by Gasteiger charge is 2.37. The minimum atomic E-state index is -0.466. The topological polar surface area (TPSA) is 76.2 Å². The van der Waals surface area contributed by atoms with E-state index in [1.165, 1.54) is 7.11 Å². The number of benzene rings is 2. The van der Waals surface area contributed by atoms with Gasteiger partial charge in [-0.05, 0) is 88.7 Å². The summed E-state index contributed by atoms with van der Waals surface area (Å²) < 4.78 is 12.3. The number of nitrogens with zero attached hydrogens (tertiary/aromatic N) is 2. The van der Waals surface area contributed by atoms with E-state index >= 15 is 0 Å². The summed E-state index contributed by atoms with van der Waals surface area (Å²) in [5, 5.41) is 0.474. The van der Waals surface area contributed by atoms with Crippen LogP contribution in [0.1, 0.15) is 36.8 Å². The highest BCUT2D eigenvalue weighted by atomic mass is 127. The molecule has 2 aromatic carbocycles. The Morgan fingerprint density at radius 3 is 2.49 bits per heavy atom. The fourth-order valence-corrected chi connectivity index (χ4v) is 6.03. The molecule has 0 N–H and O–H groups in total. The van der Waals surface area contributed by atoms with Crippen LogP contribution in [-0.4, -0.2) is 53.6 Å². The molecule has 37 heavy (non-hydrogen) atoms. The predicted octanol–water partition coefficient (Wildman–Crippen LogP) is 6.62. The number of methoxy groups -OCH3 is 1. The van der Waals surface area contributed by atoms with Crippen LogP contribution >= 0.6 is 57.6 Å². The summed E-state index contributed by atoms with van der Waals surface area (Å²) >= 11 is 15.0. The summed E-state index contributed by atoms with van der Waals surface area (Å²) in [5.74, 6) is 0.369. The molecule has 2 fully saturated rings. The molecule has 2 heterocycles. The summed E-state index contributed by atoms with van der Waals surface area (Å²) in [5.41, 5.74) is 1.52. The van der Waals surface area contributed by atoms with E-state index in [-0.39, 0.29) is 24.0 Å². The van der Waals surface area contributed by atoms with E-state index in [9.17, 15) is 14.4 Å². The van der Waals surface area contributed by atoms with Gasteiger partial charge in [-0.1, -0.05) is 42.1 Å². The van der Waals surface area contributed by atoms with Crippen molar-refractivity contribution in [2.45, 2.75) is 32.3 Å². The number of hydrogen-bond donors (Lipinski definition) is 0. The van der Waals surface area contributed by atoms with Crippen LogP contribution in [0.4, 0.5) is 4.79 Å². The number of rotatable bonds is 7. The third kappa shape index (κ3) is 6.93. The van der Waals surface area contributed by atoms with Crippen LogP contribution in [0.25, 0.3) is 6.08 Å². The number of ether oxygens (including phenoxy) is 2. The Hall–Kier alpha value is -1.95. The van der Waals surface area contributed by atoms with Gasteiger partial charge in [0.15, 0.2) is 11.5 Å². The second-order valence-corrected chi connectivity index (χ2v) is 11.6. The van der Waals surface area contributed by atoms with Gasteiger partial charge in [-0.25, -0.2) is 0 Å². The molecular formula is C26H25Cl2IN2O5S. The Kier molecular flexibility index (Phi) is 9.66. The predicted molar refractivity (Wildman–Crippen MR) is 154 cm³/mol. The molecule has 4 rings (SSSR count). The molecule has 0 saturated carbocycles. The SMILES string of the molecule is COc1cc(C=C2SC(=O)N(CC(=O)N3CCCCCC3)C2=O)cc(I)c1OCc1ccc(Cl)c(Cl)c1. The smallest absolute Gasteiger partial charge is 0.294 e. The molecule has 0 radical (unpaired) electrons. The molecule has 2 saturated heterocycles. The zero-order valence-corrected chi connectivity index (χ0v) is 24.6. The number of amides is 3. The number of carbonyl (C=O) groups excluding carboxylic acids is 3. The lowest BCUT2D eigenvalue weighted by atomic mass is 10.1. The molecule has 196 valence electrons. The van der Waals surface area contributed by atoms with Crippen molar-refractivity contribution in [2.24, 2.45) is 0 Å². The average Bonchev–Trinajstić information content (AvgIpc) is 3.05. The maximum absolute atomic E-state index is 13.0. The van der Waals surface area contributed by atoms with E-state index in [1.807, 2.05) is 12.1 Å². The summed E-state index contributed by atoms with van der Waals surface area (Å²) in [4.78, 5) is 41.3. The second-order valence-electron chi connectivity index (χ2n) is 8.63. The van der Waals surface area contributed by atoms with Crippen molar-refractivity contribution in [2.75, 3.05) is 26.7 Å². The van der Waals surface area contributed by atoms with Crippen molar-refractivity contribution < 1.29 is 23.9 Å². The molecule has 0 aliphatic carbocycles. The highest BCUT2D eigenvalue weighted by Crippen LogP contribution is 2.38. The zero-order valence-electron chi connectivity index (χ0n) is 20.1. The summed E-state index contributed by atoms with van der Waals surface area (Å²) in [6.45, 7) is 1.36. The third-order valence-corrected chi connectivity index (χ3v) is 8.49. The fourth-order valence-electron chi connectivity index (χ4n) is 4.09. The summed E-state index contributed by atoms with van der Waals surface area (Å²) in [6, 6.07) is 8.86. The number of imide groups is 1. The Labute approximate surface area is 243 Å². The van der Waals surface area contributed by atoms with Crippen molar-refractivity contribution in [3.8, 4) is 11.5 Å². The Morgan fingerprint density at radius 2 is 1.81 bits per heavy atom. The van der Waals surface area contributed by atoms with E-state index in [0.29, 0.717) is 40.2 Å². The van der Waals surface area contributed by atoms with E-state index in [2.05, 4.69) is 22.6 Å². The molecule has 2 aliphatic rings. The van der Waals surface area contributed by atoms with Crippen LogP contribution in [0, 0.1) is 3.57 Å². The van der Waals surface area contributed by atoms with Gasteiger partial charge in [0.1, 0.15) is 13.2 Å². The van der Waals surface area contributed by atoms with Crippen molar-refractivity contribution in [1.29, 1.82) is 0 Å². The highest BCUT2D eigenvalue weighted by molar-refractivity contribution is 14.1. The molecule has 0 spiro atoms. The first-order chi connectivity index (χ1) is 17.8. The average molecular weight is 675 g/mol. The van der Waals surface area contributed by atoms with Crippen LogP contribution in [-0.2, 0) is 16.2 Å². The molecule has 3 amide bonds. The Morgan fingerprint density at radius 1 is 1.08 bits per heavy atom. The first kappa shape index (κ1) is 28.1. The number of thioether (sulfide) groups is 1. The molecule has 0 bridgehead atoms. The largest absolute Gasteiger partial charge is 0.493 e. The van der Waals surface area contributed by atoms with Crippen LogP contribution < -0.4 is 9.47 Å². The monoisotopic (exact) mass is 674 g/mol. The molecule has 0 unspecified atom stereocenters. The van der Waals surface area contributed by atoms with Gasteiger partial charge in [-0.15, -0.1) is 0 Å².